The van der Waals surface area contributed by atoms with Crippen molar-refractivity contribution in [3.63, 3.8) is 0 Å². The normalized spacial score (nSPS) is 11.4. The van der Waals surface area contributed by atoms with Crippen LogP contribution in [0.2, 0.25) is 0 Å². The molecule has 18 heavy (non-hydrogen) atoms. The summed E-state index contributed by atoms with van der Waals surface area (Å²) in [6.07, 6.45) is 1.09. The third kappa shape index (κ3) is 2.33. The highest BCUT2D eigenvalue weighted by molar-refractivity contribution is 7.86. The highest BCUT2D eigenvalue weighted by Crippen LogP contribution is 2.30. The number of furan rings is 1. The molecular weight excluding hydrogens is 259 g/mol. The molecule has 2 rings (SSSR count). The highest BCUT2D eigenvalue weighted by Gasteiger charge is 2.22. The van der Waals surface area contributed by atoms with Crippen LogP contribution in [0.5, 0.6) is 0 Å². The van der Waals surface area contributed by atoms with E-state index in [9.17, 15) is 17.1 Å². The van der Waals surface area contributed by atoms with Crippen molar-refractivity contribution in [2.24, 2.45) is 0 Å². The minimum Gasteiger partial charge on any atom is -0.450 e. The SMILES string of the molecule is CC(=O)c1cccc(-c2ccoc2S(=O)(=O)F)c1. The fourth-order valence-electron chi connectivity index (χ4n) is 1.60. The summed E-state index contributed by atoms with van der Waals surface area (Å²) in [5.41, 5.74) is 0.921. The smallest absolute Gasteiger partial charge is 0.366 e. The van der Waals surface area contributed by atoms with Gasteiger partial charge >= 0.3 is 10.2 Å². The number of hydrogen-bond acceptors (Lipinski definition) is 4. The third-order valence-corrected chi connectivity index (χ3v) is 3.19. The first-order chi connectivity index (χ1) is 8.39. The summed E-state index contributed by atoms with van der Waals surface area (Å²) in [4.78, 5) is 11.2. The number of halogens is 1. The van der Waals surface area contributed by atoms with Crippen molar-refractivity contribution < 1.29 is 21.5 Å². The highest BCUT2D eigenvalue weighted by atomic mass is 32.3. The molecule has 2 aromatic rings. The number of carbonyl (C=O) groups is 1. The van der Waals surface area contributed by atoms with Gasteiger partial charge in [0.25, 0.3) is 5.09 Å². The molecule has 0 saturated carbocycles. The predicted octanol–water partition coefficient (Wildman–Crippen LogP) is 2.81. The molecule has 0 saturated heterocycles. The summed E-state index contributed by atoms with van der Waals surface area (Å²) in [6.45, 7) is 1.39. The molecule has 0 radical (unpaired) electrons. The molecule has 0 atom stereocenters. The van der Waals surface area contributed by atoms with Gasteiger partial charge in [-0.2, -0.15) is 8.42 Å². The first kappa shape index (κ1) is 12.5. The standard InChI is InChI=1S/C12H9FO4S/c1-8(14)9-3-2-4-10(7-9)11-5-6-17-12(11)18(13,15)16/h2-7H,1H3. The van der Waals surface area contributed by atoms with Crippen LogP contribution < -0.4 is 0 Å². The Morgan fingerprint density at radius 3 is 2.61 bits per heavy atom. The van der Waals surface area contributed by atoms with Crippen molar-refractivity contribution in [1.82, 2.24) is 0 Å². The van der Waals surface area contributed by atoms with E-state index in [2.05, 4.69) is 4.42 Å². The van der Waals surface area contributed by atoms with Crippen molar-refractivity contribution in [3.8, 4) is 11.1 Å². The van der Waals surface area contributed by atoms with Crippen LogP contribution in [0.15, 0.2) is 46.1 Å². The molecular formula is C12H9FO4S. The number of ketones is 1. The minimum atomic E-state index is -4.92. The van der Waals surface area contributed by atoms with Gasteiger partial charge in [-0.15, -0.1) is 0 Å². The molecule has 6 heteroatoms. The molecule has 0 bridgehead atoms. The molecule has 0 aliphatic carbocycles. The molecule has 0 aliphatic heterocycles. The van der Waals surface area contributed by atoms with Crippen molar-refractivity contribution >= 4 is 16.0 Å². The van der Waals surface area contributed by atoms with Gasteiger partial charge in [0, 0.05) is 11.1 Å². The maximum Gasteiger partial charge on any atom is 0.366 e. The summed E-state index contributed by atoms with van der Waals surface area (Å²) in [6, 6.07) is 7.59. The Morgan fingerprint density at radius 2 is 2.00 bits per heavy atom. The Kier molecular flexibility index (Phi) is 3.04. The van der Waals surface area contributed by atoms with E-state index in [0.29, 0.717) is 11.1 Å². The first-order valence-electron chi connectivity index (χ1n) is 5.03. The Labute approximate surface area is 103 Å². The van der Waals surface area contributed by atoms with Gasteiger partial charge in [0.1, 0.15) is 0 Å². The van der Waals surface area contributed by atoms with Crippen LogP contribution in [0.4, 0.5) is 3.89 Å². The minimum absolute atomic E-state index is 0.0978. The fourth-order valence-corrected chi connectivity index (χ4v) is 2.22. The maximum absolute atomic E-state index is 13.0. The molecule has 1 aromatic heterocycles. The Morgan fingerprint density at radius 1 is 1.28 bits per heavy atom. The van der Waals surface area contributed by atoms with Crippen LogP contribution in [0.25, 0.3) is 11.1 Å². The van der Waals surface area contributed by atoms with Gasteiger partial charge in [0.15, 0.2) is 5.78 Å². The van der Waals surface area contributed by atoms with Crippen molar-refractivity contribution in [3.05, 3.63) is 42.2 Å². The quantitative estimate of drug-likeness (QED) is 0.634. The van der Waals surface area contributed by atoms with Crippen LogP contribution in [-0.2, 0) is 10.2 Å². The molecule has 0 N–H and O–H groups in total. The summed E-state index contributed by atoms with van der Waals surface area (Å²) in [5.74, 6) is -0.162. The number of carbonyl (C=O) groups excluding carboxylic acids is 1. The number of hydrogen-bond donors (Lipinski definition) is 0. The summed E-state index contributed by atoms with van der Waals surface area (Å²) >= 11 is 0. The largest absolute Gasteiger partial charge is 0.450 e. The molecule has 0 aliphatic rings. The van der Waals surface area contributed by atoms with E-state index in [1.165, 1.54) is 19.1 Å². The summed E-state index contributed by atoms with van der Waals surface area (Å²) in [5, 5.41) is -0.747. The predicted molar refractivity (Wildman–Crippen MR) is 62.4 cm³/mol. The Balaban J connectivity index is 2.60. The molecule has 0 fully saturated rings. The van der Waals surface area contributed by atoms with Crippen LogP contribution in [0, 0.1) is 0 Å². The molecule has 1 aromatic carbocycles. The lowest BCUT2D eigenvalue weighted by atomic mass is 10.0. The average molecular weight is 268 g/mol. The topological polar surface area (TPSA) is 64.3 Å². The number of Topliss-reactive ketones (excluding diaryl/α,β-unsaturated/α-hetero) is 1. The number of benzene rings is 1. The second-order valence-corrected chi connectivity index (χ2v) is 4.94. The fraction of sp³-hybridized carbons (Fsp3) is 0.0833. The van der Waals surface area contributed by atoms with Crippen molar-refractivity contribution in [1.29, 1.82) is 0 Å². The van der Waals surface area contributed by atoms with Crippen molar-refractivity contribution in [2.75, 3.05) is 0 Å². The van der Waals surface area contributed by atoms with E-state index < -0.39 is 15.3 Å². The van der Waals surface area contributed by atoms with E-state index in [4.69, 9.17) is 0 Å². The summed E-state index contributed by atoms with van der Waals surface area (Å²) in [7, 11) is -4.92. The molecule has 0 spiro atoms. The Hall–Kier alpha value is -1.95. The van der Waals surface area contributed by atoms with Gasteiger partial charge in [0.2, 0.25) is 0 Å². The lowest BCUT2D eigenvalue weighted by Crippen LogP contribution is -1.94. The lowest BCUT2D eigenvalue weighted by Gasteiger charge is -2.01. The second kappa shape index (κ2) is 4.38. The zero-order valence-corrected chi connectivity index (χ0v) is 10.2. The molecule has 4 nitrogen and oxygen atoms in total. The van der Waals surface area contributed by atoms with E-state index in [1.54, 1.807) is 18.2 Å². The average Bonchev–Trinajstić information content (AvgIpc) is 2.77. The van der Waals surface area contributed by atoms with Crippen molar-refractivity contribution in [2.45, 2.75) is 12.0 Å². The molecule has 0 unspecified atom stereocenters. The van der Waals surface area contributed by atoms with Crippen LogP contribution in [0.1, 0.15) is 17.3 Å². The van der Waals surface area contributed by atoms with Crippen LogP contribution in [0.3, 0.4) is 0 Å². The number of rotatable bonds is 3. The van der Waals surface area contributed by atoms with Gasteiger partial charge < -0.3 is 4.42 Å². The monoisotopic (exact) mass is 268 g/mol. The van der Waals surface area contributed by atoms with E-state index >= 15 is 0 Å². The van der Waals surface area contributed by atoms with E-state index in [-0.39, 0.29) is 11.3 Å². The first-order valence-corrected chi connectivity index (χ1v) is 6.41. The van der Waals surface area contributed by atoms with Crippen LogP contribution >= 0.6 is 0 Å². The van der Waals surface area contributed by atoms with Gasteiger partial charge in [-0.3, -0.25) is 4.79 Å². The Bertz CT molecular complexity index is 700. The molecule has 1 heterocycles. The maximum atomic E-state index is 13.0. The van der Waals surface area contributed by atoms with E-state index in [1.807, 2.05) is 0 Å². The summed E-state index contributed by atoms with van der Waals surface area (Å²) < 4.78 is 39.4. The van der Waals surface area contributed by atoms with Gasteiger partial charge in [0.05, 0.1) is 6.26 Å². The third-order valence-electron chi connectivity index (χ3n) is 2.43. The second-order valence-electron chi connectivity index (χ2n) is 3.70. The van der Waals surface area contributed by atoms with Gasteiger partial charge in [-0.1, -0.05) is 22.1 Å². The zero-order valence-electron chi connectivity index (χ0n) is 9.38. The lowest BCUT2D eigenvalue weighted by molar-refractivity contribution is 0.101. The molecule has 94 valence electrons. The van der Waals surface area contributed by atoms with Crippen LogP contribution in [-0.4, -0.2) is 14.2 Å². The van der Waals surface area contributed by atoms with Gasteiger partial charge in [-0.05, 0) is 24.6 Å². The molecule has 0 amide bonds. The zero-order chi connectivity index (χ0) is 13.3. The van der Waals surface area contributed by atoms with Gasteiger partial charge in [-0.25, -0.2) is 0 Å². The van der Waals surface area contributed by atoms with E-state index in [0.717, 1.165) is 6.26 Å².